The second-order valence-corrected chi connectivity index (χ2v) is 4.21. The van der Waals surface area contributed by atoms with Crippen LogP contribution in [0.3, 0.4) is 0 Å². The van der Waals surface area contributed by atoms with E-state index in [1.165, 1.54) is 0 Å². The smallest absolute Gasteiger partial charge is 0.356 e. The van der Waals surface area contributed by atoms with Gasteiger partial charge in [0.1, 0.15) is 5.82 Å². The number of carbonyl (C=O) groups is 1. The van der Waals surface area contributed by atoms with Crippen LogP contribution in [-0.4, -0.2) is 51.8 Å². The van der Waals surface area contributed by atoms with Crippen LogP contribution in [0, 0.1) is 6.92 Å². The van der Waals surface area contributed by atoms with Crippen LogP contribution in [0.15, 0.2) is 0 Å². The molecule has 0 aromatic carbocycles. The third kappa shape index (κ3) is 2.48. The number of aromatic nitrogens is 2. The molecule has 0 amide bonds. The summed E-state index contributed by atoms with van der Waals surface area (Å²) in [4.78, 5) is 17.4. The first-order valence-corrected chi connectivity index (χ1v) is 5.65. The van der Waals surface area contributed by atoms with Gasteiger partial charge in [0.15, 0.2) is 5.69 Å². The lowest BCUT2D eigenvalue weighted by Gasteiger charge is -2.26. The van der Waals surface area contributed by atoms with Crippen LogP contribution in [0.4, 0.5) is 0 Å². The summed E-state index contributed by atoms with van der Waals surface area (Å²) in [5.74, 6) is -0.173. The monoisotopic (exact) mass is 239 g/mol. The van der Waals surface area contributed by atoms with Crippen molar-refractivity contribution in [3.05, 3.63) is 17.2 Å². The Labute approximate surface area is 99.8 Å². The van der Waals surface area contributed by atoms with Gasteiger partial charge in [-0.3, -0.25) is 4.90 Å². The normalized spacial score (nSPS) is 17.3. The Bertz CT molecular complexity index is 422. The van der Waals surface area contributed by atoms with E-state index < -0.39 is 5.97 Å². The molecule has 1 aromatic heterocycles. The van der Waals surface area contributed by atoms with Crippen molar-refractivity contribution < 1.29 is 14.6 Å². The number of carboxylic acids is 1. The van der Waals surface area contributed by atoms with Crippen molar-refractivity contribution in [1.29, 1.82) is 0 Å². The van der Waals surface area contributed by atoms with Gasteiger partial charge in [-0.1, -0.05) is 0 Å². The SMILES string of the molecule is Cc1c(C(=O)O)nc(CN2CCOCC2)n1C. The zero-order chi connectivity index (χ0) is 12.4. The maximum absolute atomic E-state index is 11.0. The van der Waals surface area contributed by atoms with Gasteiger partial charge in [-0.05, 0) is 6.92 Å². The largest absolute Gasteiger partial charge is 0.476 e. The van der Waals surface area contributed by atoms with E-state index in [2.05, 4.69) is 9.88 Å². The van der Waals surface area contributed by atoms with Crippen LogP contribution in [0.1, 0.15) is 22.0 Å². The molecule has 0 atom stereocenters. The Morgan fingerprint density at radius 2 is 2.12 bits per heavy atom. The van der Waals surface area contributed by atoms with Gasteiger partial charge < -0.3 is 14.4 Å². The van der Waals surface area contributed by atoms with Crippen LogP contribution in [0.2, 0.25) is 0 Å². The predicted molar refractivity (Wildman–Crippen MR) is 61.0 cm³/mol. The van der Waals surface area contributed by atoms with Crippen LogP contribution in [-0.2, 0) is 18.3 Å². The van der Waals surface area contributed by atoms with E-state index in [9.17, 15) is 4.79 Å². The van der Waals surface area contributed by atoms with Crippen LogP contribution >= 0.6 is 0 Å². The Balaban J connectivity index is 2.15. The van der Waals surface area contributed by atoms with Crippen molar-refractivity contribution in [1.82, 2.24) is 14.5 Å². The molecule has 1 N–H and O–H groups in total. The highest BCUT2D eigenvalue weighted by Gasteiger charge is 2.19. The lowest BCUT2D eigenvalue weighted by molar-refractivity contribution is 0.0326. The molecule has 6 nitrogen and oxygen atoms in total. The van der Waals surface area contributed by atoms with Crippen molar-refractivity contribution in [3.8, 4) is 0 Å². The molecule has 0 saturated carbocycles. The molecule has 2 heterocycles. The number of ether oxygens (including phenoxy) is 1. The minimum atomic E-state index is -0.966. The summed E-state index contributed by atoms with van der Waals surface area (Å²) in [7, 11) is 1.85. The van der Waals surface area contributed by atoms with E-state index >= 15 is 0 Å². The first kappa shape index (κ1) is 12.1. The molecular weight excluding hydrogens is 222 g/mol. The Morgan fingerprint density at radius 1 is 1.47 bits per heavy atom. The van der Waals surface area contributed by atoms with Crippen molar-refractivity contribution in [3.63, 3.8) is 0 Å². The van der Waals surface area contributed by atoms with Gasteiger partial charge in [0.05, 0.1) is 19.8 Å². The van der Waals surface area contributed by atoms with Crippen LogP contribution < -0.4 is 0 Å². The maximum atomic E-state index is 11.0. The third-order valence-electron chi connectivity index (χ3n) is 3.15. The van der Waals surface area contributed by atoms with Gasteiger partial charge in [-0.25, -0.2) is 9.78 Å². The lowest BCUT2D eigenvalue weighted by atomic mass is 10.3. The van der Waals surface area contributed by atoms with Crippen LogP contribution in [0.5, 0.6) is 0 Å². The minimum absolute atomic E-state index is 0.149. The van der Waals surface area contributed by atoms with Gasteiger partial charge in [0.25, 0.3) is 0 Å². The molecule has 0 bridgehead atoms. The standard InChI is InChI=1S/C11H17N3O3/c1-8-10(11(15)16)12-9(13(8)2)7-14-3-5-17-6-4-14/h3-7H2,1-2H3,(H,15,16). The van der Waals surface area contributed by atoms with Gasteiger partial charge in [0.2, 0.25) is 0 Å². The number of morpholine rings is 1. The summed E-state index contributed by atoms with van der Waals surface area (Å²) >= 11 is 0. The number of rotatable bonds is 3. The summed E-state index contributed by atoms with van der Waals surface area (Å²) < 4.78 is 7.12. The number of aromatic carboxylic acids is 1. The fourth-order valence-electron chi connectivity index (χ4n) is 1.94. The average Bonchev–Trinajstić information content (AvgIpc) is 2.59. The van der Waals surface area contributed by atoms with E-state index in [1.54, 1.807) is 6.92 Å². The van der Waals surface area contributed by atoms with Gasteiger partial charge >= 0.3 is 5.97 Å². The number of hydrogen-bond acceptors (Lipinski definition) is 4. The summed E-state index contributed by atoms with van der Waals surface area (Å²) in [6.07, 6.45) is 0. The molecule has 17 heavy (non-hydrogen) atoms. The molecule has 1 aliphatic heterocycles. The molecule has 0 aliphatic carbocycles. The predicted octanol–water partition coefficient (Wildman–Crippen LogP) is 0.259. The first-order valence-electron chi connectivity index (χ1n) is 5.65. The quantitative estimate of drug-likeness (QED) is 0.819. The van der Waals surface area contributed by atoms with Crippen molar-refractivity contribution >= 4 is 5.97 Å². The Morgan fingerprint density at radius 3 is 2.65 bits per heavy atom. The number of nitrogens with zero attached hydrogens (tertiary/aromatic N) is 3. The number of carboxylic acid groups (broad SMARTS) is 1. The van der Waals surface area contributed by atoms with Gasteiger partial charge in [-0.15, -0.1) is 0 Å². The molecule has 2 rings (SSSR count). The first-order chi connectivity index (χ1) is 8.09. The van der Waals surface area contributed by atoms with Gasteiger partial charge in [0, 0.05) is 25.8 Å². The van der Waals surface area contributed by atoms with Crippen molar-refractivity contribution in [2.45, 2.75) is 13.5 Å². The zero-order valence-corrected chi connectivity index (χ0v) is 10.1. The third-order valence-corrected chi connectivity index (χ3v) is 3.15. The number of imidazole rings is 1. The lowest BCUT2D eigenvalue weighted by Crippen LogP contribution is -2.36. The molecular formula is C11H17N3O3. The molecule has 0 unspecified atom stereocenters. The second kappa shape index (κ2) is 4.85. The Kier molecular flexibility index (Phi) is 3.44. The molecule has 1 aliphatic rings. The average molecular weight is 239 g/mol. The molecule has 1 aromatic rings. The van der Waals surface area contributed by atoms with Crippen molar-refractivity contribution in [2.24, 2.45) is 7.05 Å². The molecule has 0 radical (unpaired) electrons. The summed E-state index contributed by atoms with van der Waals surface area (Å²) in [5, 5.41) is 9.00. The van der Waals surface area contributed by atoms with Crippen LogP contribution in [0.25, 0.3) is 0 Å². The fourth-order valence-corrected chi connectivity index (χ4v) is 1.94. The highest BCUT2D eigenvalue weighted by Crippen LogP contribution is 2.12. The number of hydrogen-bond donors (Lipinski definition) is 1. The summed E-state index contributed by atoms with van der Waals surface area (Å²) in [6, 6.07) is 0. The maximum Gasteiger partial charge on any atom is 0.356 e. The Hall–Kier alpha value is -1.40. The summed E-state index contributed by atoms with van der Waals surface area (Å²) in [6.45, 7) is 5.65. The van der Waals surface area contributed by atoms with E-state index in [0.717, 1.165) is 32.1 Å². The van der Waals surface area contributed by atoms with Crippen molar-refractivity contribution in [2.75, 3.05) is 26.3 Å². The molecule has 6 heteroatoms. The molecule has 0 spiro atoms. The minimum Gasteiger partial charge on any atom is -0.476 e. The van der Waals surface area contributed by atoms with Gasteiger partial charge in [-0.2, -0.15) is 0 Å². The highest BCUT2D eigenvalue weighted by atomic mass is 16.5. The van der Waals surface area contributed by atoms with E-state index in [-0.39, 0.29) is 5.69 Å². The zero-order valence-electron chi connectivity index (χ0n) is 10.1. The molecule has 1 saturated heterocycles. The van der Waals surface area contributed by atoms with E-state index in [4.69, 9.17) is 9.84 Å². The highest BCUT2D eigenvalue weighted by molar-refractivity contribution is 5.86. The van der Waals surface area contributed by atoms with E-state index in [1.807, 2.05) is 11.6 Å². The fraction of sp³-hybridized carbons (Fsp3) is 0.636. The second-order valence-electron chi connectivity index (χ2n) is 4.21. The van der Waals surface area contributed by atoms with E-state index in [0.29, 0.717) is 12.2 Å². The topological polar surface area (TPSA) is 67.6 Å². The summed E-state index contributed by atoms with van der Waals surface area (Å²) in [5.41, 5.74) is 0.844. The molecule has 1 fully saturated rings. The molecule has 94 valence electrons.